The monoisotopic (exact) mass is 343 g/mol. The van der Waals surface area contributed by atoms with Crippen molar-refractivity contribution in [3.05, 3.63) is 53.4 Å². The Hall–Kier alpha value is -1.83. The Morgan fingerprint density at radius 1 is 1.32 bits per heavy atom. The summed E-state index contributed by atoms with van der Waals surface area (Å²) >= 11 is 5.79. The third-order valence-electron chi connectivity index (χ3n) is 3.14. The maximum Gasteiger partial charge on any atom is 0.321 e. The molecule has 0 bridgehead atoms. The van der Waals surface area contributed by atoms with Crippen molar-refractivity contribution in [1.82, 2.24) is 4.31 Å². The second-order valence-electron chi connectivity index (χ2n) is 4.65. The molecule has 1 aromatic heterocycles. The van der Waals surface area contributed by atoms with Crippen molar-refractivity contribution in [2.45, 2.75) is 24.4 Å². The van der Waals surface area contributed by atoms with E-state index < -0.39 is 22.0 Å². The highest BCUT2D eigenvalue weighted by Gasteiger charge is 2.33. The molecule has 0 saturated heterocycles. The first-order chi connectivity index (χ1) is 10.3. The summed E-state index contributed by atoms with van der Waals surface area (Å²) in [5.41, 5.74) is 0.629. The minimum absolute atomic E-state index is 0.0852. The number of furan rings is 1. The number of carbonyl (C=O) groups is 1. The zero-order valence-electron chi connectivity index (χ0n) is 11.6. The van der Waals surface area contributed by atoms with E-state index in [1.54, 1.807) is 24.3 Å². The molecule has 1 N–H and O–H groups in total. The maximum atomic E-state index is 12.6. The van der Waals surface area contributed by atoms with Gasteiger partial charge in [-0.05, 0) is 30.7 Å². The molecule has 8 heteroatoms. The van der Waals surface area contributed by atoms with Crippen LogP contribution in [0.15, 0.2) is 52.2 Å². The van der Waals surface area contributed by atoms with Crippen LogP contribution in [0, 0.1) is 0 Å². The fourth-order valence-electron chi connectivity index (χ4n) is 1.86. The summed E-state index contributed by atoms with van der Waals surface area (Å²) in [5.74, 6) is -1.24. The van der Waals surface area contributed by atoms with E-state index in [0.29, 0.717) is 10.6 Å². The molecule has 1 heterocycles. The van der Waals surface area contributed by atoms with Crippen molar-refractivity contribution in [3.8, 4) is 0 Å². The van der Waals surface area contributed by atoms with E-state index in [4.69, 9.17) is 16.0 Å². The summed E-state index contributed by atoms with van der Waals surface area (Å²) in [6.07, 6.45) is 2.29. The van der Waals surface area contributed by atoms with Gasteiger partial charge in [-0.15, -0.1) is 0 Å². The van der Waals surface area contributed by atoms with Crippen molar-refractivity contribution >= 4 is 27.6 Å². The molecule has 118 valence electrons. The first kappa shape index (κ1) is 16.5. The van der Waals surface area contributed by atoms with Crippen molar-refractivity contribution < 1.29 is 22.7 Å². The molecule has 0 aliphatic carbocycles. The third-order valence-corrected chi connectivity index (χ3v) is 5.29. The lowest BCUT2D eigenvalue weighted by Crippen LogP contribution is -2.42. The summed E-state index contributed by atoms with van der Waals surface area (Å²) in [7, 11) is -3.98. The number of carboxylic acids is 1. The van der Waals surface area contributed by atoms with Gasteiger partial charge in [-0.1, -0.05) is 23.7 Å². The van der Waals surface area contributed by atoms with E-state index in [0.717, 1.165) is 10.6 Å². The van der Waals surface area contributed by atoms with Crippen molar-refractivity contribution in [2.24, 2.45) is 0 Å². The summed E-state index contributed by atoms with van der Waals surface area (Å²) in [4.78, 5) is 11.2. The van der Waals surface area contributed by atoms with Crippen LogP contribution in [-0.4, -0.2) is 29.8 Å². The zero-order chi connectivity index (χ0) is 16.3. The molecule has 22 heavy (non-hydrogen) atoms. The number of rotatable bonds is 6. The van der Waals surface area contributed by atoms with Crippen LogP contribution >= 0.6 is 11.6 Å². The van der Waals surface area contributed by atoms with E-state index in [-0.39, 0.29) is 11.4 Å². The number of aliphatic carboxylic acids is 1. The Balaban J connectivity index is 2.39. The van der Waals surface area contributed by atoms with Crippen molar-refractivity contribution in [3.63, 3.8) is 0 Å². The fraction of sp³-hybridized carbons (Fsp3) is 0.214. The molecule has 0 aliphatic heterocycles. The Morgan fingerprint density at radius 2 is 1.95 bits per heavy atom. The molecule has 1 aromatic carbocycles. The average molecular weight is 344 g/mol. The van der Waals surface area contributed by atoms with Gasteiger partial charge in [-0.2, -0.15) is 4.31 Å². The van der Waals surface area contributed by atoms with E-state index in [9.17, 15) is 18.3 Å². The molecule has 0 fully saturated rings. The number of hydrogen-bond acceptors (Lipinski definition) is 4. The molecule has 0 saturated carbocycles. The van der Waals surface area contributed by atoms with Crippen molar-refractivity contribution in [2.75, 3.05) is 0 Å². The van der Waals surface area contributed by atoms with E-state index in [2.05, 4.69) is 0 Å². The van der Waals surface area contributed by atoms with Gasteiger partial charge in [0.25, 0.3) is 0 Å². The zero-order valence-corrected chi connectivity index (χ0v) is 13.2. The lowest BCUT2D eigenvalue weighted by molar-refractivity contribution is -0.141. The number of benzene rings is 1. The van der Waals surface area contributed by atoms with Crippen molar-refractivity contribution in [1.29, 1.82) is 0 Å². The minimum atomic E-state index is -3.98. The number of halogens is 1. The van der Waals surface area contributed by atoms with Crippen LogP contribution in [0.4, 0.5) is 0 Å². The van der Waals surface area contributed by atoms with Gasteiger partial charge in [0.1, 0.15) is 17.2 Å². The highest BCUT2D eigenvalue weighted by Crippen LogP contribution is 2.22. The summed E-state index contributed by atoms with van der Waals surface area (Å²) < 4.78 is 30.9. The van der Waals surface area contributed by atoms with Crippen LogP contribution in [0.3, 0.4) is 0 Å². The number of nitrogens with zero attached hydrogens (tertiary/aromatic N) is 1. The fourth-order valence-corrected chi connectivity index (χ4v) is 3.48. The average Bonchev–Trinajstić information content (AvgIpc) is 3.00. The number of hydrogen-bond donors (Lipinski definition) is 1. The van der Waals surface area contributed by atoms with Gasteiger partial charge in [-0.25, -0.2) is 8.42 Å². The minimum Gasteiger partial charge on any atom is -0.480 e. The molecule has 6 nitrogen and oxygen atoms in total. The van der Waals surface area contributed by atoms with Gasteiger partial charge in [0.2, 0.25) is 10.0 Å². The normalized spacial score (nSPS) is 13.2. The topological polar surface area (TPSA) is 87.8 Å². The molecule has 0 radical (unpaired) electrons. The molecule has 0 unspecified atom stereocenters. The number of sulfonamides is 1. The summed E-state index contributed by atoms with van der Waals surface area (Å²) in [5, 5.41) is 9.70. The molecular formula is C14H14ClNO5S. The Kier molecular flexibility index (Phi) is 4.90. The highest BCUT2D eigenvalue weighted by atomic mass is 35.5. The van der Waals surface area contributed by atoms with Crippen LogP contribution in [0.5, 0.6) is 0 Å². The lowest BCUT2D eigenvalue weighted by atomic mass is 10.2. The molecule has 0 spiro atoms. The first-order valence-electron chi connectivity index (χ1n) is 6.33. The Bertz CT molecular complexity index is 740. The number of carboxylic acid groups (broad SMARTS) is 1. The predicted octanol–water partition coefficient (Wildman–Crippen LogP) is 2.60. The highest BCUT2D eigenvalue weighted by molar-refractivity contribution is 7.89. The van der Waals surface area contributed by atoms with Crippen LogP contribution in [0.2, 0.25) is 5.02 Å². The van der Waals surface area contributed by atoms with Crippen LogP contribution in [-0.2, 0) is 21.4 Å². The van der Waals surface area contributed by atoms with Crippen LogP contribution in [0.1, 0.15) is 12.5 Å². The molecule has 0 amide bonds. The summed E-state index contributed by atoms with van der Waals surface area (Å²) in [6, 6.07) is 6.58. The Morgan fingerprint density at radius 3 is 2.45 bits per heavy atom. The molecular weight excluding hydrogens is 330 g/mol. The standard InChI is InChI=1S/C14H14ClNO5S/c1-10(14(17)18)16(8-11-2-4-12(15)5-3-11)22(19,20)13-6-7-21-9-13/h2-7,9-10H,8H2,1H3,(H,17,18)/t10-/m0/s1. The van der Waals surface area contributed by atoms with Gasteiger partial charge in [0, 0.05) is 11.6 Å². The van der Waals surface area contributed by atoms with Gasteiger partial charge in [0.05, 0.1) is 6.26 Å². The molecule has 2 aromatic rings. The third kappa shape index (κ3) is 3.49. The van der Waals surface area contributed by atoms with Gasteiger partial charge in [0.15, 0.2) is 0 Å². The van der Waals surface area contributed by atoms with E-state index in [1.807, 2.05) is 0 Å². The van der Waals surface area contributed by atoms with Gasteiger partial charge >= 0.3 is 5.97 Å². The lowest BCUT2D eigenvalue weighted by Gasteiger charge is -2.25. The van der Waals surface area contributed by atoms with E-state index in [1.165, 1.54) is 19.3 Å². The van der Waals surface area contributed by atoms with Gasteiger partial charge < -0.3 is 9.52 Å². The molecule has 0 aliphatic rings. The second kappa shape index (κ2) is 6.51. The maximum absolute atomic E-state index is 12.6. The van der Waals surface area contributed by atoms with E-state index >= 15 is 0 Å². The Labute approximate surface area is 133 Å². The first-order valence-corrected chi connectivity index (χ1v) is 8.15. The predicted molar refractivity (Wildman–Crippen MR) is 80.0 cm³/mol. The summed E-state index contributed by atoms with van der Waals surface area (Å²) in [6.45, 7) is 1.23. The van der Waals surface area contributed by atoms with Gasteiger partial charge in [-0.3, -0.25) is 4.79 Å². The van der Waals surface area contributed by atoms with Crippen LogP contribution in [0.25, 0.3) is 0 Å². The largest absolute Gasteiger partial charge is 0.480 e. The molecule has 2 rings (SSSR count). The molecule has 1 atom stereocenters. The second-order valence-corrected chi connectivity index (χ2v) is 6.98. The quantitative estimate of drug-likeness (QED) is 0.871. The SMILES string of the molecule is C[C@@H](C(=O)O)N(Cc1ccc(Cl)cc1)S(=O)(=O)c1ccoc1. The smallest absolute Gasteiger partial charge is 0.321 e. The van der Waals surface area contributed by atoms with Crippen LogP contribution < -0.4 is 0 Å².